The van der Waals surface area contributed by atoms with E-state index in [9.17, 15) is 17.6 Å². The first-order valence-corrected chi connectivity index (χ1v) is 8.23. The molecule has 0 saturated carbocycles. The molecular formula is C17H11ClF4N6. The van der Waals surface area contributed by atoms with Gasteiger partial charge in [-0.15, -0.1) is 5.10 Å². The first kappa shape index (κ1) is 19.6. The van der Waals surface area contributed by atoms with Gasteiger partial charge in [-0.3, -0.25) is 0 Å². The summed E-state index contributed by atoms with van der Waals surface area (Å²) >= 11 is 5.88. The van der Waals surface area contributed by atoms with Gasteiger partial charge in [0, 0.05) is 17.4 Å². The van der Waals surface area contributed by atoms with Crippen molar-refractivity contribution in [1.29, 1.82) is 5.26 Å². The maximum Gasteiger partial charge on any atom is 0.419 e. The van der Waals surface area contributed by atoms with Crippen molar-refractivity contribution in [3.8, 4) is 17.5 Å². The van der Waals surface area contributed by atoms with Crippen LogP contribution in [-0.4, -0.2) is 19.7 Å². The number of hydrogen-bond acceptors (Lipinski definition) is 5. The Labute approximate surface area is 161 Å². The summed E-state index contributed by atoms with van der Waals surface area (Å²) in [4.78, 5) is 8.12. The Bertz CT molecular complexity index is 1040. The standard InChI is InChI=1S/C17H11ClF4N6/c18-14-8-10(4-6-24-14)15-26-16(27-28(15)7-1-5-23)25-11-2-3-13(19)12(9-11)17(20,21)22/h2-4,6,8-9H,1,7H2,(H,25,27). The fourth-order valence-electron chi connectivity index (χ4n) is 2.41. The minimum Gasteiger partial charge on any atom is -0.323 e. The van der Waals surface area contributed by atoms with Crippen molar-refractivity contribution < 1.29 is 17.6 Å². The van der Waals surface area contributed by atoms with Crippen LogP contribution in [0.1, 0.15) is 12.0 Å². The van der Waals surface area contributed by atoms with Gasteiger partial charge in [-0.1, -0.05) is 11.6 Å². The molecule has 1 N–H and O–H groups in total. The highest BCUT2D eigenvalue weighted by Gasteiger charge is 2.34. The third-order valence-electron chi connectivity index (χ3n) is 3.62. The van der Waals surface area contributed by atoms with Crippen LogP contribution in [0, 0.1) is 17.1 Å². The highest BCUT2D eigenvalue weighted by molar-refractivity contribution is 6.29. The molecule has 0 aliphatic heterocycles. The Morgan fingerprint density at radius 1 is 1.21 bits per heavy atom. The number of halogens is 5. The highest BCUT2D eigenvalue weighted by atomic mass is 35.5. The molecule has 0 amide bonds. The number of benzene rings is 1. The second-order valence-corrected chi connectivity index (χ2v) is 5.96. The Balaban J connectivity index is 1.96. The van der Waals surface area contributed by atoms with Crippen molar-refractivity contribution in [3.05, 3.63) is 53.1 Å². The first-order chi connectivity index (χ1) is 13.3. The molecule has 2 aromatic heterocycles. The monoisotopic (exact) mass is 410 g/mol. The predicted molar refractivity (Wildman–Crippen MR) is 93.2 cm³/mol. The smallest absolute Gasteiger partial charge is 0.323 e. The van der Waals surface area contributed by atoms with Crippen molar-refractivity contribution in [2.24, 2.45) is 0 Å². The summed E-state index contributed by atoms with van der Waals surface area (Å²) in [5.74, 6) is -1.04. The largest absolute Gasteiger partial charge is 0.419 e. The SMILES string of the molecule is N#CCCn1nc(Nc2ccc(F)c(C(F)(F)F)c2)nc1-c1ccnc(Cl)c1. The lowest BCUT2D eigenvalue weighted by Crippen LogP contribution is -2.09. The molecule has 0 bridgehead atoms. The van der Waals surface area contributed by atoms with Gasteiger partial charge in [0.25, 0.3) is 0 Å². The van der Waals surface area contributed by atoms with Crippen LogP contribution < -0.4 is 5.32 Å². The molecule has 0 aliphatic carbocycles. The minimum absolute atomic E-state index is 0.0133. The average Bonchev–Trinajstić information content (AvgIpc) is 3.03. The molecule has 0 spiro atoms. The Kier molecular flexibility index (Phi) is 5.46. The number of alkyl halides is 3. The summed E-state index contributed by atoms with van der Waals surface area (Å²) in [5, 5.41) is 15.8. The van der Waals surface area contributed by atoms with E-state index in [2.05, 4.69) is 20.4 Å². The van der Waals surface area contributed by atoms with E-state index in [0.29, 0.717) is 23.5 Å². The molecule has 3 rings (SSSR count). The lowest BCUT2D eigenvalue weighted by molar-refractivity contribution is -0.139. The van der Waals surface area contributed by atoms with E-state index in [4.69, 9.17) is 16.9 Å². The Morgan fingerprint density at radius 2 is 2.00 bits per heavy atom. The molecule has 2 heterocycles. The number of nitrogens with one attached hydrogen (secondary N) is 1. The molecule has 28 heavy (non-hydrogen) atoms. The van der Waals surface area contributed by atoms with Gasteiger partial charge in [0.15, 0.2) is 5.82 Å². The third-order valence-corrected chi connectivity index (χ3v) is 3.83. The first-order valence-electron chi connectivity index (χ1n) is 7.85. The van der Waals surface area contributed by atoms with Crippen molar-refractivity contribution in [3.63, 3.8) is 0 Å². The van der Waals surface area contributed by atoms with E-state index in [1.807, 2.05) is 6.07 Å². The number of pyridine rings is 1. The van der Waals surface area contributed by atoms with Crippen LogP contribution in [0.4, 0.5) is 29.2 Å². The predicted octanol–water partition coefficient (Wildman–Crippen LogP) is 4.81. The summed E-state index contributed by atoms with van der Waals surface area (Å²) in [6.07, 6.45) is -3.23. The zero-order chi connectivity index (χ0) is 20.3. The van der Waals surface area contributed by atoms with E-state index in [1.54, 1.807) is 6.07 Å². The van der Waals surface area contributed by atoms with E-state index < -0.39 is 17.6 Å². The third kappa shape index (κ3) is 4.37. The number of rotatable bonds is 5. The molecular weight excluding hydrogens is 400 g/mol. The molecule has 1 aromatic carbocycles. The van der Waals surface area contributed by atoms with Crippen LogP contribution in [0.5, 0.6) is 0 Å². The number of hydrogen-bond donors (Lipinski definition) is 1. The maximum absolute atomic E-state index is 13.4. The van der Waals surface area contributed by atoms with Crippen molar-refractivity contribution in [1.82, 2.24) is 19.7 Å². The van der Waals surface area contributed by atoms with Crippen LogP contribution >= 0.6 is 11.6 Å². The van der Waals surface area contributed by atoms with Gasteiger partial charge >= 0.3 is 6.18 Å². The van der Waals surface area contributed by atoms with Gasteiger partial charge < -0.3 is 5.32 Å². The second kappa shape index (κ2) is 7.82. The zero-order valence-electron chi connectivity index (χ0n) is 14.0. The quantitative estimate of drug-likeness (QED) is 0.482. The second-order valence-electron chi connectivity index (χ2n) is 5.57. The molecule has 0 radical (unpaired) electrons. The number of nitrogens with zero attached hydrogens (tertiary/aromatic N) is 5. The zero-order valence-corrected chi connectivity index (χ0v) is 14.8. The lowest BCUT2D eigenvalue weighted by Gasteiger charge is -2.10. The summed E-state index contributed by atoms with van der Waals surface area (Å²) in [6, 6.07) is 7.63. The minimum atomic E-state index is -4.83. The van der Waals surface area contributed by atoms with Crippen LogP contribution in [0.2, 0.25) is 5.15 Å². The van der Waals surface area contributed by atoms with E-state index in [0.717, 1.165) is 6.07 Å². The molecule has 0 fully saturated rings. The number of nitriles is 1. The number of anilines is 2. The van der Waals surface area contributed by atoms with Gasteiger partial charge in [-0.2, -0.15) is 23.4 Å². The fraction of sp³-hybridized carbons (Fsp3) is 0.176. The highest BCUT2D eigenvalue weighted by Crippen LogP contribution is 2.33. The molecule has 3 aromatic rings. The van der Waals surface area contributed by atoms with Gasteiger partial charge in [0.05, 0.1) is 24.6 Å². The molecule has 0 aliphatic rings. The lowest BCUT2D eigenvalue weighted by atomic mass is 10.2. The number of aromatic nitrogens is 4. The topological polar surface area (TPSA) is 79.4 Å². The molecule has 11 heteroatoms. The number of aryl methyl sites for hydroxylation is 1. The van der Waals surface area contributed by atoms with Crippen molar-refractivity contribution >= 4 is 23.2 Å². The summed E-state index contributed by atoms with van der Waals surface area (Å²) in [6.45, 7) is 0.206. The molecule has 0 saturated heterocycles. The summed E-state index contributed by atoms with van der Waals surface area (Å²) in [7, 11) is 0. The van der Waals surface area contributed by atoms with Gasteiger partial charge in [-0.25, -0.2) is 14.1 Å². The Hall–Kier alpha value is -3.19. The molecule has 144 valence electrons. The summed E-state index contributed by atoms with van der Waals surface area (Å²) < 4.78 is 53.5. The van der Waals surface area contributed by atoms with Gasteiger partial charge in [0.1, 0.15) is 11.0 Å². The summed E-state index contributed by atoms with van der Waals surface area (Å²) in [5.41, 5.74) is -0.874. The van der Waals surface area contributed by atoms with Gasteiger partial charge in [0.2, 0.25) is 5.95 Å². The van der Waals surface area contributed by atoms with E-state index in [1.165, 1.54) is 16.9 Å². The molecule has 0 atom stereocenters. The molecule has 0 unspecified atom stereocenters. The maximum atomic E-state index is 13.4. The van der Waals surface area contributed by atoms with Crippen LogP contribution in [0.3, 0.4) is 0 Å². The van der Waals surface area contributed by atoms with Crippen LogP contribution in [-0.2, 0) is 12.7 Å². The van der Waals surface area contributed by atoms with Crippen molar-refractivity contribution in [2.45, 2.75) is 19.1 Å². The van der Waals surface area contributed by atoms with Gasteiger partial charge in [-0.05, 0) is 30.3 Å². The molecule has 6 nitrogen and oxygen atoms in total. The van der Waals surface area contributed by atoms with Crippen LogP contribution in [0.25, 0.3) is 11.4 Å². The fourth-order valence-corrected chi connectivity index (χ4v) is 2.59. The van der Waals surface area contributed by atoms with Crippen LogP contribution in [0.15, 0.2) is 36.5 Å². The normalized spacial score (nSPS) is 11.3. The Morgan fingerprint density at radius 3 is 2.68 bits per heavy atom. The van der Waals surface area contributed by atoms with E-state index in [-0.39, 0.29) is 29.8 Å². The van der Waals surface area contributed by atoms with Crippen molar-refractivity contribution in [2.75, 3.05) is 5.32 Å². The average molecular weight is 411 g/mol. The van der Waals surface area contributed by atoms with E-state index >= 15 is 0 Å².